The van der Waals surface area contributed by atoms with Crippen LogP contribution >= 0.6 is 0 Å². The van der Waals surface area contributed by atoms with Gasteiger partial charge >= 0.3 is 5.97 Å². The van der Waals surface area contributed by atoms with Gasteiger partial charge in [-0.3, -0.25) is 4.79 Å². The number of fused-ring (bicyclic) bond motifs is 1. The van der Waals surface area contributed by atoms with Crippen LogP contribution in [-0.4, -0.2) is 5.97 Å². The molecule has 18 heavy (non-hydrogen) atoms. The zero-order valence-corrected chi connectivity index (χ0v) is 10.3. The van der Waals surface area contributed by atoms with E-state index in [2.05, 4.69) is 6.07 Å². The molecule has 0 N–H and O–H groups in total. The Bertz CT molecular complexity index is 568. The Morgan fingerprint density at radius 3 is 2.50 bits per heavy atom. The number of rotatable bonds is 2. The van der Waals surface area contributed by atoms with Gasteiger partial charge in [-0.2, -0.15) is 0 Å². The predicted molar refractivity (Wildman–Crippen MR) is 71.5 cm³/mol. The molecule has 0 aromatic heterocycles. The average molecular weight is 240 g/mol. The lowest BCUT2D eigenvalue weighted by molar-refractivity contribution is -0.138. The fourth-order valence-electron chi connectivity index (χ4n) is 2.59. The van der Waals surface area contributed by atoms with Crippen molar-refractivity contribution in [3.05, 3.63) is 42.5 Å². The molecule has 2 nitrogen and oxygen atoms in total. The molecule has 1 fully saturated rings. The number of benzene rings is 2. The van der Waals surface area contributed by atoms with E-state index in [0.29, 0.717) is 5.75 Å². The minimum Gasteiger partial charge on any atom is -0.426 e. The van der Waals surface area contributed by atoms with E-state index in [-0.39, 0.29) is 11.9 Å². The van der Waals surface area contributed by atoms with Crippen molar-refractivity contribution < 1.29 is 9.53 Å². The second-order valence-electron chi connectivity index (χ2n) is 4.91. The fraction of sp³-hybridized carbons (Fsp3) is 0.312. The zero-order chi connectivity index (χ0) is 12.4. The first-order valence-corrected chi connectivity index (χ1v) is 6.53. The number of hydrogen-bond donors (Lipinski definition) is 0. The van der Waals surface area contributed by atoms with Gasteiger partial charge in [0, 0.05) is 0 Å². The van der Waals surface area contributed by atoms with Crippen molar-refractivity contribution in [1.82, 2.24) is 0 Å². The first-order chi connectivity index (χ1) is 8.83. The van der Waals surface area contributed by atoms with E-state index in [1.807, 2.05) is 36.4 Å². The highest BCUT2D eigenvalue weighted by molar-refractivity contribution is 5.85. The van der Waals surface area contributed by atoms with E-state index in [1.54, 1.807) is 0 Å². The van der Waals surface area contributed by atoms with Gasteiger partial charge in [0.05, 0.1) is 5.92 Å². The summed E-state index contributed by atoms with van der Waals surface area (Å²) in [6, 6.07) is 13.9. The Morgan fingerprint density at radius 1 is 1.00 bits per heavy atom. The molecular weight excluding hydrogens is 224 g/mol. The van der Waals surface area contributed by atoms with Gasteiger partial charge in [0.2, 0.25) is 0 Å². The molecule has 0 radical (unpaired) electrons. The van der Waals surface area contributed by atoms with Gasteiger partial charge in [-0.05, 0) is 35.7 Å². The Labute approximate surface area is 107 Å². The molecule has 0 unspecified atom stereocenters. The molecule has 0 atom stereocenters. The van der Waals surface area contributed by atoms with Crippen LogP contribution < -0.4 is 4.74 Å². The molecule has 0 amide bonds. The second-order valence-corrected chi connectivity index (χ2v) is 4.91. The van der Waals surface area contributed by atoms with E-state index in [1.165, 1.54) is 0 Å². The standard InChI is InChI=1S/C16H16O2/c17-16(13-6-2-3-7-13)18-15-10-9-12-5-1-4-8-14(12)11-15/h1,4-5,8-11,13H,2-3,6-7H2. The summed E-state index contributed by atoms with van der Waals surface area (Å²) in [6.07, 6.45) is 4.26. The van der Waals surface area contributed by atoms with Crippen molar-refractivity contribution in [3.63, 3.8) is 0 Å². The van der Waals surface area contributed by atoms with Gasteiger partial charge in [-0.15, -0.1) is 0 Å². The molecule has 0 saturated heterocycles. The van der Waals surface area contributed by atoms with Crippen LogP contribution in [0.2, 0.25) is 0 Å². The van der Waals surface area contributed by atoms with E-state index in [0.717, 1.165) is 36.5 Å². The maximum Gasteiger partial charge on any atom is 0.314 e. The number of esters is 1. The topological polar surface area (TPSA) is 26.3 Å². The molecule has 2 aromatic carbocycles. The number of ether oxygens (including phenoxy) is 1. The monoisotopic (exact) mass is 240 g/mol. The summed E-state index contributed by atoms with van der Waals surface area (Å²) in [4.78, 5) is 11.9. The van der Waals surface area contributed by atoms with Crippen molar-refractivity contribution >= 4 is 16.7 Å². The second kappa shape index (κ2) is 4.81. The number of carbonyl (C=O) groups excluding carboxylic acids is 1. The molecule has 2 aromatic rings. The summed E-state index contributed by atoms with van der Waals surface area (Å²) < 4.78 is 5.47. The van der Waals surface area contributed by atoms with Crippen LogP contribution in [0.3, 0.4) is 0 Å². The molecule has 2 heteroatoms. The average Bonchev–Trinajstić information content (AvgIpc) is 2.92. The van der Waals surface area contributed by atoms with Crippen LogP contribution in [-0.2, 0) is 4.79 Å². The highest BCUT2D eigenvalue weighted by atomic mass is 16.5. The molecule has 0 bridgehead atoms. The fourth-order valence-corrected chi connectivity index (χ4v) is 2.59. The van der Waals surface area contributed by atoms with Crippen LogP contribution in [0.25, 0.3) is 10.8 Å². The normalized spacial score (nSPS) is 16.0. The smallest absolute Gasteiger partial charge is 0.314 e. The molecule has 0 heterocycles. The lowest BCUT2D eigenvalue weighted by Crippen LogP contribution is -2.17. The third-order valence-electron chi connectivity index (χ3n) is 3.63. The van der Waals surface area contributed by atoms with Crippen LogP contribution in [0.15, 0.2) is 42.5 Å². The molecule has 1 aliphatic rings. The summed E-state index contributed by atoms with van der Waals surface area (Å²) in [7, 11) is 0. The summed E-state index contributed by atoms with van der Waals surface area (Å²) >= 11 is 0. The zero-order valence-electron chi connectivity index (χ0n) is 10.3. The van der Waals surface area contributed by atoms with Crippen molar-refractivity contribution in [2.75, 3.05) is 0 Å². The molecule has 0 spiro atoms. The highest BCUT2D eigenvalue weighted by Crippen LogP contribution is 2.27. The lowest BCUT2D eigenvalue weighted by Gasteiger charge is -2.09. The molecule has 1 aliphatic carbocycles. The number of carbonyl (C=O) groups is 1. The lowest BCUT2D eigenvalue weighted by atomic mass is 10.1. The van der Waals surface area contributed by atoms with Crippen molar-refractivity contribution in [1.29, 1.82) is 0 Å². The molecule has 0 aliphatic heterocycles. The van der Waals surface area contributed by atoms with Gasteiger partial charge in [-0.1, -0.05) is 43.2 Å². The minimum absolute atomic E-state index is 0.0669. The van der Waals surface area contributed by atoms with Crippen LogP contribution in [0.5, 0.6) is 5.75 Å². The summed E-state index contributed by atoms with van der Waals surface area (Å²) in [5.41, 5.74) is 0. The Balaban J connectivity index is 1.79. The van der Waals surface area contributed by atoms with E-state index < -0.39 is 0 Å². The summed E-state index contributed by atoms with van der Waals surface area (Å²) in [5.74, 6) is 0.699. The maximum absolute atomic E-state index is 11.9. The van der Waals surface area contributed by atoms with E-state index in [4.69, 9.17) is 4.74 Å². The van der Waals surface area contributed by atoms with Crippen molar-refractivity contribution in [2.45, 2.75) is 25.7 Å². The third-order valence-corrected chi connectivity index (χ3v) is 3.63. The Morgan fingerprint density at radius 2 is 1.72 bits per heavy atom. The van der Waals surface area contributed by atoms with Gasteiger partial charge in [-0.25, -0.2) is 0 Å². The van der Waals surface area contributed by atoms with Crippen LogP contribution in [0.1, 0.15) is 25.7 Å². The summed E-state index contributed by atoms with van der Waals surface area (Å²) in [6.45, 7) is 0. The quantitative estimate of drug-likeness (QED) is 0.587. The SMILES string of the molecule is O=C(Oc1ccc2ccccc2c1)C1CCCC1. The maximum atomic E-state index is 11.9. The van der Waals surface area contributed by atoms with Gasteiger partial charge in [0.15, 0.2) is 0 Å². The van der Waals surface area contributed by atoms with E-state index >= 15 is 0 Å². The van der Waals surface area contributed by atoms with Crippen LogP contribution in [0.4, 0.5) is 0 Å². The van der Waals surface area contributed by atoms with Gasteiger partial charge in [0.25, 0.3) is 0 Å². The van der Waals surface area contributed by atoms with Crippen molar-refractivity contribution in [3.8, 4) is 5.75 Å². The Kier molecular flexibility index (Phi) is 3.01. The largest absolute Gasteiger partial charge is 0.426 e. The summed E-state index contributed by atoms with van der Waals surface area (Å²) in [5, 5.41) is 2.27. The molecular formula is C16H16O2. The molecule has 92 valence electrons. The Hall–Kier alpha value is -1.83. The third kappa shape index (κ3) is 2.23. The minimum atomic E-state index is -0.0669. The first kappa shape index (κ1) is 11.3. The van der Waals surface area contributed by atoms with Gasteiger partial charge < -0.3 is 4.74 Å². The van der Waals surface area contributed by atoms with Crippen molar-refractivity contribution in [2.24, 2.45) is 5.92 Å². The van der Waals surface area contributed by atoms with Crippen LogP contribution in [0, 0.1) is 5.92 Å². The van der Waals surface area contributed by atoms with Gasteiger partial charge in [0.1, 0.15) is 5.75 Å². The molecule has 3 rings (SSSR count). The highest BCUT2D eigenvalue weighted by Gasteiger charge is 2.24. The molecule has 1 saturated carbocycles. The predicted octanol–water partition coefficient (Wildman–Crippen LogP) is 3.94. The first-order valence-electron chi connectivity index (χ1n) is 6.53. The number of hydrogen-bond acceptors (Lipinski definition) is 2. The van der Waals surface area contributed by atoms with E-state index in [9.17, 15) is 4.79 Å².